The lowest BCUT2D eigenvalue weighted by Gasteiger charge is -2.34. The van der Waals surface area contributed by atoms with Gasteiger partial charge in [-0.05, 0) is 49.3 Å². The third-order valence-electron chi connectivity index (χ3n) is 5.92. The predicted octanol–water partition coefficient (Wildman–Crippen LogP) is 6.82. The van der Waals surface area contributed by atoms with Crippen molar-refractivity contribution in [3.05, 3.63) is 42.0 Å². The minimum absolute atomic E-state index is 0.235. The number of nitrogens with zero attached hydrogens (tertiary/aromatic N) is 4. The van der Waals surface area contributed by atoms with Crippen molar-refractivity contribution < 1.29 is 4.39 Å². The molecular weight excluding hydrogens is 427 g/mol. The van der Waals surface area contributed by atoms with Crippen LogP contribution in [0.5, 0.6) is 0 Å². The van der Waals surface area contributed by atoms with E-state index in [-0.39, 0.29) is 5.82 Å². The number of hydrogen-bond donors (Lipinski definition) is 0. The molecule has 0 radical (unpaired) electrons. The highest BCUT2D eigenvalue weighted by atomic mass is 32.2. The molecule has 0 spiro atoms. The first kappa shape index (κ1) is 22.3. The van der Waals surface area contributed by atoms with Crippen LogP contribution in [0.4, 0.5) is 10.2 Å². The molecular formula is C24H31FN4S2. The maximum Gasteiger partial charge on any atom is 0.213 e. The second kappa shape index (κ2) is 9.33. The number of thiazole rings is 1. The van der Waals surface area contributed by atoms with E-state index in [9.17, 15) is 4.39 Å². The van der Waals surface area contributed by atoms with Crippen LogP contribution < -0.4 is 4.90 Å². The summed E-state index contributed by atoms with van der Waals surface area (Å²) >= 11 is 3.57. The van der Waals surface area contributed by atoms with Crippen molar-refractivity contribution in [2.75, 3.05) is 18.0 Å². The molecule has 166 valence electrons. The number of rotatable bonds is 6. The van der Waals surface area contributed by atoms with Gasteiger partial charge in [0, 0.05) is 30.1 Å². The summed E-state index contributed by atoms with van der Waals surface area (Å²) in [6.45, 7) is 13.2. The molecule has 1 aliphatic heterocycles. The highest BCUT2D eigenvalue weighted by molar-refractivity contribution is 8.01. The lowest BCUT2D eigenvalue weighted by atomic mass is 9.87. The maximum atomic E-state index is 13.7. The first-order valence-electron chi connectivity index (χ1n) is 11.1. The van der Waals surface area contributed by atoms with Gasteiger partial charge in [-0.25, -0.2) is 9.07 Å². The summed E-state index contributed by atoms with van der Waals surface area (Å²) in [4.78, 5) is 7.49. The minimum Gasteiger partial charge on any atom is -0.355 e. The van der Waals surface area contributed by atoms with Crippen LogP contribution in [-0.4, -0.2) is 33.1 Å². The summed E-state index contributed by atoms with van der Waals surface area (Å²) in [5.74, 6) is 2.41. The van der Waals surface area contributed by atoms with Gasteiger partial charge in [0.15, 0.2) is 5.82 Å². The fourth-order valence-electron chi connectivity index (χ4n) is 4.15. The van der Waals surface area contributed by atoms with E-state index in [1.54, 1.807) is 23.5 Å². The van der Waals surface area contributed by atoms with E-state index in [1.807, 2.05) is 35.6 Å². The third-order valence-corrected chi connectivity index (χ3v) is 8.16. The summed E-state index contributed by atoms with van der Waals surface area (Å²) in [5, 5.41) is 6.07. The van der Waals surface area contributed by atoms with E-state index in [1.165, 1.54) is 23.1 Å². The Bertz CT molecular complexity index is 1030. The van der Waals surface area contributed by atoms with Crippen molar-refractivity contribution in [2.45, 2.75) is 56.9 Å². The van der Waals surface area contributed by atoms with Crippen molar-refractivity contribution >= 4 is 28.9 Å². The Morgan fingerprint density at radius 2 is 1.90 bits per heavy atom. The Morgan fingerprint density at radius 1 is 1.16 bits per heavy atom. The van der Waals surface area contributed by atoms with Crippen LogP contribution in [0.1, 0.15) is 46.2 Å². The summed E-state index contributed by atoms with van der Waals surface area (Å²) in [5.41, 5.74) is 2.65. The Balaban J connectivity index is 1.65. The van der Waals surface area contributed by atoms with Gasteiger partial charge in [-0.1, -0.05) is 51.2 Å². The SMILES string of the molecule is Cc1nn(-c2nc(N3CCC(C(C)C)CC3)c(SC(C)C)s2)cc1-c1cccc(F)c1. The van der Waals surface area contributed by atoms with Crippen LogP contribution in [-0.2, 0) is 0 Å². The van der Waals surface area contributed by atoms with E-state index in [0.717, 1.165) is 52.7 Å². The van der Waals surface area contributed by atoms with Crippen molar-refractivity contribution in [3.8, 4) is 16.3 Å². The van der Waals surface area contributed by atoms with E-state index in [2.05, 4.69) is 32.6 Å². The summed E-state index contributed by atoms with van der Waals surface area (Å²) in [6.07, 6.45) is 4.42. The maximum absolute atomic E-state index is 13.7. The number of aromatic nitrogens is 3. The fraction of sp³-hybridized carbons (Fsp3) is 0.500. The molecule has 7 heteroatoms. The molecule has 3 aromatic rings. The second-order valence-corrected chi connectivity index (χ2v) is 11.7. The first-order chi connectivity index (χ1) is 14.8. The molecule has 1 aromatic carbocycles. The van der Waals surface area contributed by atoms with Crippen LogP contribution >= 0.6 is 23.1 Å². The van der Waals surface area contributed by atoms with Gasteiger partial charge in [0.2, 0.25) is 5.13 Å². The molecule has 0 aliphatic carbocycles. The van der Waals surface area contributed by atoms with Crippen LogP contribution in [0.2, 0.25) is 0 Å². The molecule has 0 atom stereocenters. The quantitative estimate of drug-likeness (QED) is 0.380. The van der Waals surface area contributed by atoms with Crippen LogP contribution in [0, 0.1) is 24.6 Å². The van der Waals surface area contributed by atoms with Gasteiger partial charge in [0.25, 0.3) is 0 Å². The highest BCUT2D eigenvalue weighted by Crippen LogP contribution is 2.41. The van der Waals surface area contributed by atoms with Gasteiger partial charge in [-0.2, -0.15) is 10.1 Å². The lowest BCUT2D eigenvalue weighted by Crippen LogP contribution is -2.35. The number of halogens is 1. The Hall–Kier alpha value is -1.86. The topological polar surface area (TPSA) is 34.0 Å². The average molecular weight is 459 g/mol. The zero-order valence-corrected chi connectivity index (χ0v) is 20.6. The monoisotopic (exact) mass is 458 g/mol. The number of hydrogen-bond acceptors (Lipinski definition) is 5. The molecule has 0 amide bonds. The second-order valence-electron chi connectivity index (χ2n) is 8.93. The molecule has 0 bridgehead atoms. The Labute approximate surface area is 192 Å². The van der Waals surface area contributed by atoms with E-state index < -0.39 is 0 Å². The molecule has 3 heterocycles. The van der Waals surface area contributed by atoms with Crippen molar-refractivity contribution in [1.29, 1.82) is 0 Å². The highest BCUT2D eigenvalue weighted by Gasteiger charge is 2.26. The smallest absolute Gasteiger partial charge is 0.213 e. The van der Waals surface area contributed by atoms with Gasteiger partial charge >= 0.3 is 0 Å². The van der Waals surface area contributed by atoms with Crippen molar-refractivity contribution in [1.82, 2.24) is 14.8 Å². The Morgan fingerprint density at radius 3 is 2.55 bits per heavy atom. The van der Waals surface area contributed by atoms with Crippen LogP contribution in [0.25, 0.3) is 16.3 Å². The van der Waals surface area contributed by atoms with E-state index in [0.29, 0.717) is 5.25 Å². The first-order valence-corrected chi connectivity index (χ1v) is 12.8. The molecule has 0 N–H and O–H groups in total. The molecule has 4 nitrogen and oxygen atoms in total. The van der Waals surface area contributed by atoms with Gasteiger partial charge in [0.1, 0.15) is 10.0 Å². The largest absolute Gasteiger partial charge is 0.355 e. The molecule has 1 aliphatic rings. The number of thioether (sulfide) groups is 1. The fourth-order valence-corrected chi connectivity index (χ4v) is 6.60. The van der Waals surface area contributed by atoms with Crippen molar-refractivity contribution in [3.63, 3.8) is 0 Å². The summed E-state index contributed by atoms with van der Waals surface area (Å²) < 4.78 is 16.8. The van der Waals surface area contributed by atoms with E-state index >= 15 is 0 Å². The molecule has 1 fully saturated rings. The normalized spacial score (nSPS) is 15.4. The molecule has 1 saturated heterocycles. The Kier molecular flexibility index (Phi) is 6.72. The summed E-state index contributed by atoms with van der Waals surface area (Å²) in [6, 6.07) is 6.68. The van der Waals surface area contributed by atoms with Crippen molar-refractivity contribution in [2.24, 2.45) is 11.8 Å². The van der Waals surface area contributed by atoms with Gasteiger partial charge in [-0.15, -0.1) is 11.8 Å². The van der Waals surface area contributed by atoms with Crippen LogP contribution in [0.15, 0.2) is 34.7 Å². The molecule has 2 aromatic heterocycles. The molecule has 0 saturated carbocycles. The number of piperidine rings is 1. The minimum atomic E-state index is -0.235. The van der Waals surface area contributed by atoms with Gasteiger partial charge in [0.05, 0.1) is 5.69 Å². The average Bonchev–Trinajstić information content (AvgIpc) is 3.31. The molecule has 0 unspecified atom stereocenters. The predicted molar refractivity (Wildman–Crippen MR) is 130 cm³/mol. The standard InChI is InChI=1S/C24H31FN4S2/c1-15(2)18-9-11-28(12-10-18)22-23(30-16(3)4)31-24(26-22)29-14-21(17(5)27-29)19-7-6-8-20(25)13-19/h6-8,13-16,18H,9-12H2,1-5H3. The zero-order valence-electron chi connectivity index (χ0n) is 18.9. The summed E-state index contributed by atoms with van der Waals surface area (Å²) in [7, 11) is 0. The third kappa shape index (κ3) is 4.98. The van der Waals surface area contributed by atoms with Crippen LogP contribution in [0.3, 0.4) is 0 Å². The van der Waals surface area contributed by atoms with E-state index in [4.69, 9.17) is 10.1 Å². The number of anilines is 1. The number of benzene rings is 1. The van der Waals surface area contributed by atoms with Gasteiger partial charge < -0.3 is 4.90 Å². The lowest BCUT2D eigenvalue weighted by molar-refractivity contribution is 0.310. The van der Waals surface area contributed by atoms with Gasteiger partial charge in [-0.3, -0.25) is 0 Å². The zero-order chi connectivity index (χ0) is 22.1. The molecule has 31 heavy (non-hydrogen) atoms. The molecule has 4 rings (SSSR count). The number of aryl methyl sites for hydroxylation is 1.